The number of rotatable bonds is 10. The Kier molecular flexibility index (Phi) is 10.8. The van der Waals surface area contributed by atoms with Gasteiger partial charge in [0.1, 0.15) is 19.8 Å². The van der Waals surface area contributed by atoms with Crippen LogP contribution in [-0.2, 0) is 38.8 Å². The molecule has 0 bridgehead atoms. The minimum Gasteiger partial charge on any atom is -0.459 e. The van der Waals surface area contributed by atoms with Crippen LogP contribution in [0.3, 0.4) is 0 Å². The molecule has 0 aliphatic carbocycles. The summed E-state index contributed by atoms with van der Waals surface area (Å²) in [5, 5.41) is 10.3. The van der Waals surface area contributed by atoms with Crippen molar-refractivity contribution in [2.24, 2.45) is 10.7 Å². The maximum absolute atomic E-state index is 12.8. The molecule has 0 saturated carbocycles. The van der Waals surface area contributed by atoms with Gasteiger partial charge in [-0.25, -0.2) is 19.3 Å². The highest BCUT2D eigenvalue weighted by atomic mass is 16.6. The first-order valence-electron chi connectivity index (χ1n) is 11.8. The number of hydrogen-bond acceptors (Lipinski definition) is 7. The molecule has 2 amide bonds. The minimum absolute atomic E-state index is 0.0174. The molecule has 38 heavy (non-hydrogen) atoms. The van der Waals surface area contributed by atoms with Crippen molar-refractivity contribution in [3.05, 3.63) is 108 Å². The van der Waals surface area contributed by atoms with Crippen molar-refractivity contribution in [3.8, 4) is 0 Å². The quantitative estimate of drug-likeness (QED) is 0.178. The summed E-state index contributed by atoms with van der Waals surface area (Å²) in [6.45, 7) is -0.405. The summed E-state index contributed by atoms with van der Waals surface area (Å²) in [6.07, 6.45) is -3.74. The first kappa shape index (κ1) is 27.9. The largest absolute Gasteiger partial charge is 0.459 e. The van der Waals surface area contributed by atoms with Gasteiger partial charge in [0.15, 0.2) is 6.10 Å². The molecule has 3 aromatic rings. The Bertz CT molecular complexity index is 1200. The number of nitrogens with zero attached hydrogens (tertiary/aromatic N) is 2. The smallest absolute Gasteiger partial charge is 0.437 e. The highest BCUT2D eigenvalue weighted by Crippen LogP contribution is 2.08. The van der Waals surface area contributed by atoms with Gasteiger partial charge in [-0.1, -0.05) is 91.0 Å². The summed E-state index contributed by atoms with van der Waals surface area (Å²) >= 11 is 0. The molecule has 0 aromatic heterocycles. The highest BCUT2D eigenvalue weighted by molar-refractivity contribution is 5.98. The monoisotopic (exact) mass is 519 g/mol. The van der Waals surface area contributed by atoms with E-state index < -0.39 is 30.2 Å². The molecule has 10 heteroatoms. The van der Waals surface area contributed by atoms with E-state index in [1.54, 1.807) is 72.8 Å². The second kappa shape index (κ2) is 14.8. The van der Waals surface area contributed by atoms with E-state index in [1.807, 2.05) is 18.2 Å². The molecule has 0 heterocycles. The lowest BCUT2D eigenvalue weighted by Crippen LogP contribution is -2.44. The molecule has 0 aliphatic rings. The third-order valence-corrected chi connectivity index (χ3v) is 5.24. The molecule has 0 saturated heterocycles. The van der Waals surface area contributed by atoms with Crippen molar-refractivity contribution in [1.82, 2.24) is 4.90 Å². The highest BCUT2D eigenvalue weighted by Gasteiger charge is 2.25. The topological polar surface area (TPSA) is 141 Å². The number of aliphatic hydroxyl groups is 1. The first-order chi connectivity index (χ1) is 18.4. The van der Waals surface area contributed by atoms with Crippen LogP contribution in [0.5, 0.6) is 0 Å². The molecule has 3 N–H and O–H groups in total. The predicted octanol–water partition coefficient (Wildman–Crippen LogP) is 3.77. The number of esters is 1. The fraction of sp³-hybridized carbons (Fsp3) is 0.214. The van der Waals surface area contributed by atoms with E-state index in [2.05, 4.69) is 4.99 Å². The average Bonchev–Trinajstić information content (AvgIpc) is 2.95. The number of guanidine groups is 1. The van der Waals surface area contributed by atoms with Crippen molar-refractivity contribution in [3.63, 3.8) is 0 Å². The number of aliphatic hydroxyl groups excluding tert-OH is 1. The van der Waals surface area contributed by atoms with Crippen LogP contribution in [0.25, 0.3) is 0 Å². The molecular formula is C28H29N3O7. The van der Waals surface area contributed by atoms with E-state index >= 15 is 0 Å². The number of nitrogens with two attached hydrogens (primary N) is 1. The van der Waals surface area contributed by atoms with Gasteiger partial charge in [-0.05, 0) is 16.7 Å². The lowest BCUT2D eigenvalue weighted by atomic mass is 10.2. The van der Waals surface area contributed by atoms with Gasteiger partial charge in [0, 0.05) is 13.0 Å². The molecule has 0 aliphatic heterocycles. The zero-order valence-electron chi connectivity index (χ0n) is 20.6. The van der Waals surface area contributed by atoms with E-state index in [-0.39, 0.29) is 32.8 Å². The van der Waals surface area contributed by atoms with Crippen LogP contribution < -0.4 is 5.73 Å². The van der Waals surface area contributed by atoms with Crippen LogP contribution in [0, 0.1) is 0 Å². The van der Waals surface area contributed by atoms with E-state index in [1.165, 1.54) is 0 Å². The van der Waals surface area contributed by atoms with E-state index in [0.717, 1.165) is 21.6 Å². The van der Waals surface area contributed by atoms with Crippen molar-refractivity contribution in [2.45, 2.75) is 32.3 Å². The second-order valence-corrected chi connectivity index (χ2v) is 8.10. The SMILES string of the molecule is NC(=NC(=O)OCc1ccccc1)N(CCC(O)C(=O)OCc1ccccc1)C(=O)OCc1ccccc1. The molecular weight excluding hydrogens is 490 g/mol. The summed E-state index contributed by atoms with van der Waals surface area (Å²) in [5.41, 5.74) is 8.15. The van der Waals surface area contributed by atoms with Gasteiger partial charge < -0.3 is 25.1 Å². The third kappa shape index (κ3) is 9.40. The Balaban J connectivity index is 1.61. The van der Waals surface area contributed by atoms with Crippen LogP contribution >= 0.6 is 0 Å². The van der Waals surface area contributed by atoms with Gasteiger partial charge in [0.05, 0.1) is 0 Å². The number of hydrogen-bond donors (Lipinski definition) is 2. The molecule has 0 spiro atoms. The van der Waals surface area contributed by atoms with Gasteiger partial charge in [0.25, 0.3) is 0 Å². The Labute approximate surface area is 220 Å². The Morgan fingerprint density at radius 2 is 1.18 bits per heavy atom. The Morgan fingerprint density at radius 3 is 1.68 bits per heavy atom. The zero-order chi connectivity index (χ0) is 27.2. The first-order valence-corrected chi connectivity index (χ1v) is 11.8. The molecule has 1 unspecified atom stereocenters. The van der Waals surface area contributed by atoms with Crippen molar-refractivity contribution in [2.75, 3.05) is 6.54 Å². The molecule has 198 valence electrons. The van der Waals surface area contributed by atoms with Crippen LogP contribution in [0.4, 0.5) is 9.59 Å². The van der Waals surface area contributed by atoms with Gasteiger partial charge in [-0.2, -0.15) is 0 Å². The van der Waals surface area contributed by atoms with Gasteiger partial charge in [-0.15, -0.1) is 4.99 Å². The second-order valence-electron chi connectivity index (χ2n) is 8.10. The Morgan fingerprint density at radius 1 is 0.737 bits per heavy atom. The summed E-state index contributed by atoms with van der Waals surface area (Å²) in [5.74, 6) is -1.38. The molecule has 10 nitrogen and oxygen atoms in total. The van der Waals surface area contributed by atoms with Crippen LogP contribution in [0.15, 0.2) is 96.0 Å². The van der Waals surface area contributed by atoms with Crippen molar-refractivity contribution in [1.29, 1.82) is 0 Å². The lowest BCUT2D eigenvalue weighted by molar-refractivity contribution is -0.155. The van der Waals surface area contributed by atoms with Gasteiger partial charge in [-0.3, -0.25) is 0 Å². The molecule has 3 aromatic carbocycles. The van der Waals surface area contributed by atoms with Crippen LogP contribution in [0.2, 0.25) is 0 Å². The Hall–Kier alpha value is -4.70. The van der Waals surface area contributed by atoms with E-state index in [0.29, 0.717) is 0 Å². The number of ether oxygens (including phenoxy) is 3. The number of carbonyl (C=O) groups is 3. The summed E-state index contributed by atoms with van der Waals surface area (Å²) in [4.78, 5) is 41.7. The molecule has 1 atom stereocenters. The van der Waals surface area contributed by atoms with Crippen molar-refractivity contribution >= 4 is 24.1 Å². The zero-order valence-corrected chi connectivity index (χ0v) is 20.6. The number of carbonyl (C=O) groups excluding carboxylic acids is 3. The minimum atomic E-state index is -1.55. The maximum Gasteiger partial charge on any atom is 0.437 e. The normalized spacial score (nSPS) is 11.8. The lowest BCUT2D eigenvalue weighted by Gasteiger charge is -2.22. The van der Waals surface area contributed by atoms with Gasteiger partial charge in [0.2, 0.25) is 5.96 Å². The average molecular weight is 520 g/mol. The number of aliphatic imine (C=N–C) groups is 1. The number of amides is 2. The third-order valence-electron chi connectivity index (χ3n) is 5.24. The summed E-state index contributed by atoms with van der Waals surface area (Å²) in [7, 11) is 0. The van der Waals surface area contributed by atoms with Crippen LogP contribution in [-0.4, -0.2) is 46.8 Å². The standard InChI is InChI=1S/C28H29N3O7/c29-26(30-27(34)37-19-22-12-6-2-7-13-22)31(28(35)38-20-23-14-8-3-9-15-23)17-16-24(32)25(33)36-18-21-10-4-1-5-11-21/h1-15,24,32H,16-20H2,(H2,29,30,34). The molecule has 0 fully saturated rings. The summed E-state index contributed by atoms with van der Waals surface area (Å²) < 4.78 is 15.5. The predicted molar refractivity (Wildman–Crippen MR) is 138 cm³/mol. The fourth-order valence-electron chi connectivity index (χ4n) is 3.20. The summed E-state index contributed by atoms with van der Waals surface area (Å²) in [6, 6.07) is 26.9. The van der Waals surface area contributed by atoms with Crippen molar-refractivity contribution < 1.29 is 33.7 Å². The van der Waals surface area contributed by atoms with Crippen LogP contribution in [0.1, 0.15) is 23.1 Å². The molecule has 0 radical (unpaired) electrons. The fourth-order valence-corrected chi connectivity index (χ4v) is 3.20. The van der Waals surface area contributed by atoms with E-state index in [4.69, 9.17) is 19.9 Å². The van der Waals surface area contributed by atoms with Gasteiger partial charge >= 0.3 is 18.2 Å². The number of benzene rings is 3. The van der Waals surface area contributed by atoms with E-state index in [9.17, 15) is 19.5 Å². The maximum atomic E-state index is 12.8. The molecule has 3 rings (SSSR count).